The average Bonchev–Trinajstić information content (AvgIpc) is 3.37. The SMILES string of the molecule is CSc1ccccc1NC(=O)Nc1ccc2[nH]c(=O)c(-c3nc4ccc(N5CCN(C)CC5)cc4[nH]3)c(N)c2c1. The van der Waals surface area contributed by atoms with E-state index in [1.807, 2.05) is 36.6 Å². The highest BCUT2D eigenvalue weighted by molar-refractivity contribution is 7.98. The van der Waals surface area contributed by atoms with Crippen molar-refractivity contribution in [3.8, 4) is 11.4 Å². The first-order valence-electron chi connectivity index (χ1n) is 13.0. The molecule has 0 aliphatic carbocycles. The van der Waals surface area contributed by atoms with Crippen molar-refractivity contribution in [2.45, 2.75) is 4.90 Å². The van der Waals surface area contributed by atoms with E-state index in [9.17, 15) is 9.59 Å². The van der Waals surface area contributed by atoms with E-state index in [-0.39, 0.29) is 22.8 Å². The molecule has 3 aromatic carbocycles. The zero-order chi connectivity index (χ0) is 27.8. The van der Waals surface area contributed by atoms with E-state index in [0.29, 0.717) is 22.4 Å². The molecule has 1 fully saturated rings. The molecule has 10 nitrogen and oxygen atoms in total. The van der Waals surface area contributed by atoms with Crippen LogP contribution in [0.3, 0.4) is 0 Å². The fraction of sp³-hybridized carbons (Fsp3) is 0.207. The predicted molar refractivity (Wildman–Crippen MR) is 165 cm³/mol. The zero-order valence-corrected chi connectivity index (χ0v) is 23.1. The number of thioether (sulfide) groups is 1. The summed E-state index contributed by atoms with van der Waals surface area (Å²) in [5.41, 5.74) is 11.3. The van der Waals surface area contributed by atoms with Crippen LogP contribution < -0.4 is 26.8 Å². The van der Waals surface area contributed by atoms with Gasteiger partial charge < -0.3 is 36.1 Å². The maximum absolute atomic E-state index is 13.1. The lowest BCUT2D eigenvalue weighted by molar-refractivity contribution is 0.262. The zero-order valence-electron chi connectivity index (χ0n) is 22.2. The molecule has 1 saturated heterocycles. The molecule has 1 aliphatic rings. The lowest BCUT2D eigenvalue weighted by Crippen LogP contribution is -2.44. The summed E-state index contributed by atoms with van der Waals surface area (Å²) < 4.78 is 0. The monoisotopic (exact) mass is 554 g/mol. The number of carbonyl (C=O) groups is 1. The molecule has 6 N–H and O–H groups in total. The van der Waals surface area contributed by atoms with Crippen LogP contribution in [-0.4, -0.2) is 65.4 Å². The van der Waals surface area contributed by atoms with E-state index in [2.05, 4.69) is 54.6 Å². The Bertz CT molecular complexity index is 1790. The summed E-state index contributed by atoms with van der Waals surface area (Å²) in [7, 11) is 2.13. The van der Waals surface area contributed by atoms with Crippen LogP contribution in [-0.2, 0) is 0 Å². The number of nitrogens with one attached hydrogen (secondary N) is 4. The number of nitrogen functional groups attached to an aromatic ring is 1. The summed E-state index contributed by atoms with van der Waals surface area (Å²) in [6.45, 7) is 3.94. The number of hydrogen-bond donors (Lipinski definition) is 5. The van der Waals surface area contributed by atoms with Gasteiger partial charge in [-0.25, -0.2) is 9.78 Å². The van der Waals surface area contributed by atoms with E-state index in [4.69, 9.17) is 5.73 Å². The van der Waals surface area contributed by atoms with Gasteiger partial charge >= 0.3 is 6.03 Å². The van der Waals surface area contributed by atoms with Crippen LogP contribution in [0.25, 0.3) is 33.3 Å². The fourth-order valence-electron chi connectivity index (χ4n) is 5.04. The van der Waals surface area contributed by atoms with Crippen molar-refractivity contribution < 1.29 is 4.79 Å². The number of fused-ring (bicyclic) bond motifs is 2. The van der Waals surface area contributed by atoms with Gasteiger partial charge in [-0.1, -0.05) is 12.1 Å². The summed E-state index contributed by atoms with van der Waals surface area (Å²) in [6.07, 6.45) is 1.96. The van der Waals surface area contributed by atoms with Crippen LogP contribution in [0.4, 0.5) is 27.5 Å². The minimum absolute atomic E-state index is 0.264. The fourth-order valence-corrected chi connectivity index (χ4v) is 5.59. The molecule has 0 radical (unpaired) electrons. The van der Waals surface area contributed by atoms with Gasteiger partial charge in [0.1, 0.15) is 11.4 Å². The second-order valence-corrected chi connectivity index (χ2v) is 10.7. The molecule has 204 valence electrons. The molecule has 0 bridgehead atoms. The standard InChI is InChI=1S/C29H30N8O2S/c1-36-11-13-37(14-12-36)18-8-10-21-23(16-18)33-27(32-21)25-26(30)19-15-17(7-9-20(19)34-28(25)38)31-29(39)35-22-5-3-4-6-24(22)40-2/h3-10,15-16H,11-14H2,1-2H3,(H,32,33)(H3,30,34,38)(H2,31,35,39). The smallest absolute Gasteiger partial charge is 0.323 e. The number of nitrogens with zero attached hydrogens (tertiary/aromatic N) is 3. The third-order valence-electron chi connectivity index (χ3n) is 7.24. The molecular formula is C29H30N8O2S. The van der Waals surface area contributed by atoms with Gasteiger partial charge in [-0.3, -0.25) is 4.79 Å². The maximum atomic E-state index is 13.1. The second kappa shape index (κ2) is 10.6. The normalized spacial score (nSPS) is 14.1. The van der Waals surface area contributed by atoms with Gasteiger partial charge in [-0.05, 0) is 61.8 Å². The molecule has 11 heteroatoms. The van der Waals surface area contributed by atoms with Crippen LogP contribution in [0.2, 0.25) is 0 Å². The van der Waals surface area contributed by atoms with E-state index < -0.39 is 0 Å². The largest absolute Gasteiger partial charge is 0.397 e. The van der Waals surface area contributed by atoms with Crippen LogP contribution in [0, 0.1) is 0 Å². The molecule has 0 atom stereocenters. The number of pyridine rings is 1. The summed E-state index contributed by atoms with van der Waals surface area (Å²) in [4.78, 5) is 42.4. The van der Waals surface area contributed by atoms with Gasteiger partial charge in [-0.2, -0.15) is 0 Å². The van der Waals surface area contributed by atoms with Gasteiger partial charge in [0.15, 0.2) is 0 Å². The number of para-hydroxylation sites is 1. The average molecular weight is 555 g/mol. The van der Waals surface area contributed by atoms with Crippen molar-refractivity contribution in [2.75, 3.05) is 60.7 Å². The summed E-state index contributed by atoms with van der Waals surface area (Å²) in [6, 6.07) is 18.5. The number of anilines is 4. The highest BCUT2D eigenvalue weighted by Crippen LogP contribution is 2.31. The van der Waals surface area contributed by atoms with Gasteiger partial charge in [0, 0.05) is 47.8 Å². The first-order valence-corrected chi connectivity index (χ1v) is 14.2. The third-order valence-corrected chi connectivity index (χ3v) is 8.03. The Balaban J connectivity index is 1.30. The first-order chi connectivity index (χ1) is 19.4. The number of hydrogen-bond acceptors (Lipinski definition) is 7. The quantitative estimate of drug-likeness (QED) is 0.198. The van der Waals surface area contributed by atoms with Crippen molar-refractivity contribution in [1.82, 2.24) is 19.9 Å². The number of aromatic amines is 2. The van der Waals surface area contributed by atoms with Crippen LogP contribution in [0.15, 0.2) is 70.4 Å². The maximum Gasteiger partial charge on any atom is 0.323 e. The van der Waals surface area contributed by atoms with Gasteiger partial charge in [-0.15, -0.1) is 11.8 Å². The molecule has 0 saturated carbocycles. The number of imidazole rings is 1. The van der Waals surface area contributed by atoms with Crippen molar-refractivity contribution >= 4 is 62.5 Å². The van der Waals surface area contributed by atoms with E-state index in [1.54, 1.807) is 30.0 Å². The number of likely N-dealkylation sites (N-methyl/N-ethyl adjacent to an activating group) is 1. The molecule has 40 heavy (non-hydrogen) atoms. The lowest BCUT2D eigenvalue weighted by atomic mass is 10.1. The molecule has 1 aliphatic heterocycles. The van der Waals surface area contributed by atoms with Crippen molar-refractivity contribution in [3.63, 3.8) is 0 Å². The Kier molecular flexibility index (Phi) is 6.82. The Morgan fingerprint density at radius 3 is 2.58 bits per heavy atom. The molecule has 0 unspecified atom stereocenters. The minimum atomic E-state index is -0.377. The number of carbonyl (C=O) groups excluding carboxylic acids is 1. The van der Waals surface area contributed by atoms with Crippen LogP contribution >= 0.6 is 11.8 Å². The second-order valence-electron chi connectivity index (χ2n) is 9.86. The number of piperazine rings is 1. The Labute approximate surface area is 235 Å². The van der Waals surface area contributed by atoms with Gasteiger partial charge in [0.05, 0.1) is 27.9 Å². The minimum Gasteiger partial charge on any atom is -0.397 e. The molecule has 2 aromatic heterocycles. The highest BCUT2D eigenvalue weighted by Gasteiger charge is 2.19. The molecule has 2 amide bonds. The number of aromatic nitrogens is 3. The highest BCUT2D eigenvalue weighted by atomic mass is 32.2. The van der Waals surface area contributed by atoms with Crippen molar-refractivity contribution in [3.05, 3.63) is 71.0 Å². The number of benzene rings is 3. The van der Waals surface area contributed by atoms with Gasteiger partial charge in [0.2, 0.25) is 0 Å². The number of amides is 2. The molecule has 5 aromatic rings. The Morgan fingerprint density at radius 1 is 0.975 bits per heavy atom. The molecular weight excluding hydrogens is 524 g/mol. The predicted octanol–water partition coefficient (Wildman–Crippen LogP) is 4.77. The third kappa shape index (κ3) is 4.96. The summed E-state index contributed by atoms with van der Waals surface area (Å²) in [5, 5.41) is 6.35. The Morgan fingerprint density at radius 2 is 1.77 bits per heavy atom. The van der Waals surface area contributed by atoms with E-state index in [0.717, 1.165) is 53.5 Å². The van der Waals surface area contributed by atoms with Gasteiger partial charge in [0.25, 0.3) is 5.56 Å². The summed E-state index contributed by atoms with van der Waals surface area (Å²) >= 11 is 1.55. The van der Waals surface area contributed by atoms with Crippen LogP contribution in [0.1, 0.15) is 0 Å². The number of rotatable bonds is 5. The number of urea groups is 1. The lowest BCUT2D eigenvalue weighted by Gasteiger charge is -2.34. The number of nitrogens with two attached hydrogens (primary N) is 1. The first kappa shape index (κ1) is 25.8. The van der Waals surface area contributed by atoms with Crippen LogP contribution in [0.5, 0.6) is 0 Å². The Hall–Kier alpha value is -4.48. The number of H-pyrrole nitrogens is 2. The summed E-state index contributed by atoms with van der Waals surface area (Å²) in [5.74, 6) is 0.399. The molecule has 6 rings (SSSR count). The topological polar surface area (TPSA) is 135 Å². The van der Waals surface area contributed by atoms with E-state index in [1.165, 1.54) is 0 Å². The van der Waals surface area contributed by atoms with Crippen molar-refractivity contribution in [2.24, 2.45) is 0 Å². The van der Waals surface area contributed by atoms with E-state index >= 15 is 0 Å². The van der Waals surface area contributed by atoms with Crippen molar-refractivity contribution in [1.29, 1.82) is 0 Å². The molecule has 0 spiro atoms. The molecule has 3 heterocycles.